The van der Waals surface area contributed by atoms with Crippen molar-refractivity contribution in [1.29, 1.82) is 0 Å². The van der Waals surface area contributed by atoms with Gasteiger partial charge in [0, 0.05) is 4.47 Å². The fourth-order valence-corrected chi connectivity index (χ4v) is 1.87. The summed E-state index contributed by atoms with van der Waals surface area (Å²) in [6.45, 7) is 3.35. The molecule has 1 N–H and O–H groups in total. The summed E-state index contributed by atoms with van der Waals surface area (Å²) in [5, 5.41) is 3.24. The van der Waals surface area contributed by atoms with Gasteiger partial charge in [-0.05, 0) is 43.6 Å². The smallest absolute Gasteiger partial charge is 0.0175 e. The lowest BCUT2D eigenvalue weighted by Crippen LogP contribution is -2.20. The number of halogens is 1. The maximum absolute atomic E-state index is 3.45. The summed E-state index contributed by atoms with van der Waals surface area (Å²) in [4.78, 5) is 0. The molecule has 0 radical (unpaired) electrons. The van der Waals surface area contributed by atoms with Crippen molar-refractivity contribution in [3.05, 3.63) is 34.3 Å². The second kappa shape index (κ2) is 6.20. The molecule has 0 saturated heterocycles. The minimum Gasteiger partial charge on any atom is -0.319 e. The van der Waals surface area contributed by atoms with E-state index >= 15 is 0 Å². The van der Waals surface area contributed by atoms with Crippen LogP contribution in [-0.4, -0.2) is 13.6 Å². The minimum atomic E-state index is 0.751. The second-order valence-electron chi connectivity index (χ2n) is 3.66. The lowest BCUT2D eigenvalue weighted by molar-refractivity contribution is 0.481. The molecule has 0 fully saturated rings. The average molecular weight is 256 g/mol. The third kappa shape index (κ3) is 3.81. The van der Waals surface area contributed by atoms with Crippen molar-refractivity contribution >= 4 is 15.9 Å². The van der Waals surface area contributed by atoms with Gasteiger partial charge in [-0.3, -0.25) is 0 Å². The summed E-state index contributed by atoms with van der Waals surface area (Å²) in [5.74, 6) is 0.751. The largest absolute Gasteiger partial charge is 0.319 e. The van der Waals surface area contributed by atoms with E-state index in [1.165, 1.54) is 18.4 Å². The Hall–Kier alpha value is -0.340. The first-order valence-electron chi connectivity index (χ1n) is 5.15. The van der Waals surface area contributed by atoms with E-state index < -0.39 is 0 Å². The van der Waals surface area contributed by atoms with Gasteiger partial charge in [-0.15, -0.1) is 0 Å². The van der Waals surface area contributed by atoms with Crippen LogP contribution in [0.1, 0.15) is 18.9 Å². The van der Waals surface area contributed by atoms with Gasteiger partial charge < -0.3 is 5.32 Å². The quantitative estimate of drug-likeness (QED) is 0.852. The van der Waals surface area contributed by atoms with Crippen LogP contribution in [-0.2, 0) is 6.42 Å². The molecule has 0 aliphatic rings. The molecule has 0 heterocycles. The Morgan fingerprint density at radius 1 is 1.29 bits per heavy atom. The van der Waals surface area contributed by atoms with E-state index in [2.05, 4.69) is 52.4 Å². The first kappa shape index (κ1) is 11.7. The molecule has 0 spiro atoms. The van der Waals surface area contributed by atoms with Crippen molar-refractivity contribution in [2.45, 2.75) is 19.8 Å². The third-order valence-electron chi connectivity index (χ3n) is 2.51. The Labute approximate surface area is 95.0 Å². The van der Waals surface area contributed by atoms with Gasteiger partial charge in [0.05, 0.1) is 0 Å². The van der Waals surface area contributed by atoms with Crippen LogP contribution >= 0.6 is 15.9 Å². The van der Waals surface area contributed by atoms with Gasteiger partial charge in [0.15, 0.2) is 0 Å². The van der Waals surface area contributed by atoms with Crippen molar-refractivity contribution in [1.82, 2.24) is 5.32 Å². The zero-order valence-electron chi connectivity index (χ0n) is 8.89. The molecule has 0 saturated carbocycles. The highest BCUT2D eigenvalue weighted by molar-refractivity contribution is 9.10. The van der Waals surface area contributed by atoms with Crippen LogP contribution < -0.4 is 5.32 Å². The molecule has 14 heavy (non-hydrogen) atoms. The number of nitrogens with one attached hydrogen (secondary N) is 1. The average Bonchev–Trinajstić information content (AvgIpc) is 2.20. The van der Waals surface area contributed by atoms with Crippen LogP contribution in [0, 0.1) is 5.92 Å². The Kier molecular flexibility index (Phi) is 5.20. The van der Waals surface area contributed by atoms with Gasteiger partial charge >= 0.3 is 0 Å². The van der Waals surface area contributed by atoms with E-state index in [0.717, 1.165) is 16.9 Å². The van der Waals surface area contributed by atoms with Crippen LogP contribution in [0.4, 0.5) is 0 Å². The molecule has 1 aromatic rings. The highest BCUT2D eigenvalue weighted by Crippen LogP contribution is 2.15. The van der Waals surface area contributed by atoms with Crippen LogP contribution in [0.3, 0.4) is 0 Å². The number of hydrogen-bond donors (Lipinski definition) is 1. The zero-order chi connectivity index (χ0) is 10.4. The number of hydrogen-bond acceptors (Lipinski definition) is 1. The standard InChI is InChI=1S/C12H18BrN/c1-3-10(9-14-2)8-11-4-6-12(13)7-5-11/h4-7,10,14H,3,8-9H2,1-2H3. The van der Waals surface area contributed by atoms with Crippen molar-refractivity contribution in [3.63, 3.8) is 0 Å². The Morgan fingerprint density at radius 2 is 1.93 bits per heavy atom. The van der Waals surface area contributed by atoms with Crippen molar-refractivity contribution in [2.24, 2.45) is 5.92 Å². The van der Waals surface area contributed by atoms with Gasteiger partial charge in [-0.1, -0.05) is 41.4 Å². The molecular formula is C12H18BrN. The minimum absolute atomic E-state index is 0.751. The Balaban J connectivity index is 2.53. The van der Waals surface area contributed by atoms with Crippen molar-refractivity contribution < 1.29 is 0 Å². The van der Waals surface area contributed by atoms with Crippen molar-refractivity contribution in [3.8, 4) is 0 Å². The molecule has 1 unspecified atom stereocenters. The van der Waals surface area contributed by atoms with E-state index in [-0.39, 0.29) is 0 Å². The number of benzene rings is 1. The second-order valence-corrected chi connectivity index (χ2v) is 4.58. The maximum atomic E-state index is 3.45. The van der Waals surface area contributed by atoms with Gasteiger partial charge in [-0.25, -0.2) is 0 Å². The molecule has 78 valence electrons. The lowest BCUT2D eigenvalue weighted by atomic mass is 9.97. The van der Waals surface area contributed by atoms with Gasteiger partial charge in [0.25, 0.3) is 0 Å². The summed E-state index contributed by atoms with van der Waals surface area (Å²) < 4.78 is 1.16. The zero-order valence-corrected chi connectivity index (χ0v) is 10.5. The van der Waals surface area contributed by atoms with Crippen molar-refractivity contribution in [2.75, 3.05) is 13.6 Å². The first-order valence-corrected chi connectivity index (χ1v) is 5.94. The molecular weight excluding hydrogens is 238 g/mol. The third-order valence-corrected chi connectivity index (χ3v) is 3.04. The summed E-state index contributed by atoms with van der Waals surface area (Å²) in [6.07, 6.45) is 2.40. The summed E-state index contributed by atoms with van der Waals surface area (Å²) >= 11 is 3.45. The molecule has 0 aliphatic heterocycles. The predicted molar refractivity (Wildman–Crippen MR) is 65.6 cm³/mol. The fraction of sp³-hybridized carbons (Fsp3) is 0.500. The molecule has 0 bridgehead atoms. The summed E-state index contributed by atoms with van der Waals surface area (Å²) in [6, 6.07) is 8.62. The summed E-state index contributed by atoms with van der Waals surface area (Å²) in [5.41, 5.74) is 1.43. The van der Waals surface area contributed by atoms with E-state index in [4.69, 9.17) is 0 Å². The highest BCUT2D eigenvalue weighted by Gasteiger charge is 2.05. The molecule has 1 rings (SSSR count). The molecule has 0 aromatic heterocycles. The molecule has 0 amide bonds. The van der Waals surface area contributed by atoms with Gasteiger partial charge in [0.1, 0.15) is 0 Å². The van der Waals surface area contributed by atoms with E-state index in [1.54, 1.807) is 0 Å². The predicted octanol–water partition coefficient (Wildman–Crippen LogP) is 3.24. The topological polar surface area (TPSA) is 12.0 Å². The van der Waals surface area contributed by atoms with Crippen LogP contribution in [0.25, 0.3) is 0 Å². The fourth-order valence-electron chi connectivity index (χ4n) is 1.60. The normalized spacial score (nSPS) is 12.8. The van der Waals surface area contributed by atoms with Gasteiger partial charge in [0.2, 0.25) is 0 Å². The van der Waals surface area contributed by atoms with Crippen LogP contribution in [0.15, 0.2) is 28.7 Å². The molecule has 0 aliphatic carbocycles. The molecule has 1 atom stereocenters. The maximum Gasteiger partial charge on any atom is 0.0175 e. The molecule has 1 nitrogen and oxygen atoms in total. The molecule has 2 heteroatoms. The highest BCUT2D eigenvalue weighted by atomic mass is 79.9. The summed E-state index contributed by atoms with van der Waals surface area (Å²) in [7, 11) is 2.02. The Morgan fingerprint density at radius 3 is 2.43 bits per heavy atom. The van der Waals surface area contributed by atoms with Crippen LogP contribution in [0.5, 0.6) is 0 Å². The molecule has 1 aromatic carbocycles. The van der Waals surface area contributed by atoms with E-state index in [9.17, 15) is 0 Å². The first-order chi connectivity index (χ1) is 6.76. The SMILES string of the molecule is CCC(CNC)Cc1ccc(Br)cc1. The van der Waals surface area contributed by atoms with E-state index in [1.807, 2.05) is 7.05 Å². The van der Waals surface area contributed by atoms with Crippen LogP contribution in [0.2, 0.25) is 0 Å². The monoisotopic (exact) mass is 255 g/mol. The van der Waals surface area contributed by atoms with Gasteiger partial charge in [-0.2, -0.15) is 0 Å². The lowest BCUT2D eigenvalue weighted by Gasteiger charge is -2.14. The van der Waals surface area contributed by atoms with E-state index in [0.29, 0.717) is 0 Å². The number of rotatable bonds is 5. The Bertz CT molecular complexity index is 256.